The van der Waals surface area contributed by atoms with Crippen molar-refractivity contribution in [1.29, 1.82) is 0 Å². The first-order valence-electron chi connectivity index (χ1n) is 6.37. The number of nitrogens with zero attached hydrogens (tertiary/aromatic N) is 2. The van der Waals surface area contributed by atoms with Crippen LogP contribution < -0.4 is 15.4 Å². The second-order valence-corrected chi connectivity index (χ2v) is 6.04. The SMILES string of the molecule is COc1ccc(N2CC3CC2CO3)c2sc(N)nc12. The highest BCUT2D eigenvalue weighted by Gasteiger charge is 2.39. The Morgan fingerprint density at radius 1 is 1.53 bits per heavy atom. The number of aromatic nitrogens is 1. The lowest BCUT2D eigenvalue weighted by atomic mass is 10.2. The summed E-state index contributed by atoms with van der Waals surface area (Å²) in [5.41, 5.74) is 7.94. The molecule has 2 fully saturated rings. The van der Waals surface area contributed by atoms with E-state index in [9.17, 15) is 0 Å². The molecule has 2 bridgehead atoms. The Morgan fingerprint density at radius 3 is 3.11 bits per heavy atom. The second-order valence-electron chi connectivity index (χ2n) is 5.01. The first-order chi connectivity index (χ1) is 9.26. The number of nitrogens with two attached hydrogens (primary N) is 1. The fourth-order valence-electron chi connectivity index (χ4n) is 3.07. The number of rotatable bonds is 2. The molecule has 2 aliphatic heterocycles. The van der Waals surface area contributed by atoms with Crippen LogP contribution >= 0.6 is 11.3 Å². The topological polar surface area (TPSA) is 60.6 Å². The standard InChI is InChI=1S/C13H15N3O2S/c1-17-10-3-2-9(12-11(10)15-13(14)19-12)16-5-8-4-7(16)6-18-8/h2-3,7-8H,4-6H2,1H3,(H2,14,15). The van der Waals surface area contributed by atoms with Gasteiger partial charge in [-0.25, -0.2) is 4.98 Å². The molecule has 2 unspecified atom stereocenters. The van der Waals surface area contributed by atoms with Gasteiger partial charge < -0.3 is 20.1 Å². The molecule has 0 aliphatic carbocycles. The molecule has 3 heterocycles. The van der Waals surface area contributed by atoms with Crippen LogP contribution in [0.5, 0.6) is 5.75 Å². The van der Waals surface area contributed by atoms with Crippen LogP contribution in [0.15, 0.2) is 12.1 Å². The van der Waals surface area contributed by atoms with Gasteiger partial charge in [0.2, 0.25) is 0 Å². The highest BCUT2D eigenvalue weighted by molar-refractivity contribution is 7.22. The monoisotopic (exact) mass is 277 g/mol. The van der Waals surface area contributed by atoms with E-state index in [1.54, 1.807) is 7.11 Å². The van der Waals surface area contributed by atoms with Crippen molar-refractivity contribution in [2.45, 2.75) is 18.6 Å². The number of hydrogen-bond donors (Lipinski definition) is 1. The van der Waals surface area contributed by atoms with E-state index in [2.05, 4.69) is 16.0 Å². The van der Waals surface area contributed by atoms with Gasteiger partial charge in [0, 0.05) is 6.54 Å². The summed E-state index contributed by atoms with van der Waals surface area (Å²) in [5.74, 6) is 0.785. The molecule has 2 N–H and O–H groups in total. The van der Waals surface area contributed by atoms with Gasteiger partial charge in [0.1, 0.15) is 11.3 Å². The minimum Gasteiger partial charge on any atom is -0.494 e. The van der Waals surface area contributed by atoms with Gasteiger partial charge in [0.15, 0.2) is 5.13 Å². The van der Waals surface area contributed by atoms with Gasteiger partial charge >= 0.3 is 0 Å². The van der Waals surface area contributed by atoms with Crippen LogP contribution in [-0.4, -0.2) is 37.4 Å². The van der Waals surface area contributed by atoms with Gasteiger partial charge in [-0.1, -0.05) is 11.3 Å². The first-order valence-corrected chi connectivity index (χ1v) is 7.19. The predicted octanol–water partition coefficient (Wildman–Crippen LogP) is 1.86. The van der Waals surface area contributed by atoms with Crippen LogP contribution in [0.3, 0.4) is 0 Å². The minimum atomic E-state index is 0.382. The highest BCUT2D eigenvalue weighted by atomic mass is 32.1. The summed E-state index contributed by atoms with van der Waals surface area (Å²) in [6.45, 7) is 1.79. The number of thiazole rings is 1. The third-order valence-electron chi connectivity index (χ3n) is 3.93. The number of hydrogen-bond acceptors (Lipinski definition) is 6. The number of fused-ring (bicyclic) bond motifs is 3. The van der Waals surface area contributed by atoms with Crippen molar-refractivity contribution in [3.05, 3.63) is 12.1 Å². The van der Waals surface area contributed by atoms with Crippen molar-refractivity contribution in [3.63, 3.8) is 0 Å². The number of anilines is 2. The zero-order valence-electron chi connectivity index (χ0n) is 10.6. The Balaban J connectivity index is 1.86. The average Bonchev–Trinajstić information content (AvgIpc) is 3.10. The molecule has 0 spiro atoms. The van der Waals surface area contributed by atoms with Crippen molar-refractivity contribution in [2.75, 3.05) is 30.9 Å². The van der Waals surface area contributed by atoms with Crippen LogP contribution in [-0.2, 0) is 4.74 Å². The third kappa shape index (κ3) is 1.60. The molecule has 2 aliphatic rings. The Bertz CT molecular complexity index is 642. The Labute approximate surface area is 114 Å². The van der Waals surface area contributed by atoms with E-state index in [4.69, 9.17) is 15.2 Å². The van der Waals surface area contributed by atoms with Gasteiger partial charge in [0.05, 0.1) is 36.2 Å². The maximum atomic E-state index is 5.87. The molecule has 1 aromatic heterocycles. The molecule has 1 aromatic carbocycles. The number of benzene rings is 1. The summed E-state index contributed by atoms with van der Waals surface area (Å²) in [6.07, 6.45) is 1.51. The van der Waals surface area contributed by atoms with Crippen LogP contribution in [0, 0.1) is 0 Å². The van der Waals surface area contributed by atoms with Crippen molar-refractivity contribution in [2.24, 2.45) is 0 Å². The van der Waals surface area contributed by atoms with Crippen molar-refractivity contribution >= 4 is 32.4 Å². The average molecular weight is 277 g/mol. The molecule has 6 heteroatoms. The zero-order valence-corrected chi connectivity index (χ0v) is 11.4. The summed E-state index contributed by atoms with van der Waals surface area (Å²) in [5, 5.41) is 0.585. The van der Waals surface area contributed by atoms with Crippen LogP contribution in [0.1, 0.15) is 6.42 Å². The molecule has 4 rings (SSSR count). The van der Waals surface area contributed by atoms with E-state index in [0.29, 0.717) is 17.3 Å². The van der Waals surface area contributed by atoms with Crippen molar-refractivity contribution < 1.29 is 9.47 Å². The fraction of sp³-hybridized carbons (Fsp3) is 0.462. The lowest BCUT2D eigenvalue weighted by Gasteiger charge is -2.29. The molecular weight excluding hydrogens is 262 g/mol. The van der Waals surface area contributed by atoms with E-state index in [1.165, 1.54) is 17.0 Å². The fourth-order valence-corrected chi connectivity index (χ4v) is 3.95. The third-order valence-corrected chi connectivity index (χ3v) is 4.84. The smallest absolute Gasteiger partial charge is 0.181 e. The van der Waals surface area contributed by atoms with Crippen LogP contribution in [0.4, 0.5) is 10.8 Å². The summed E-state index contributed by atoms with van der Waals surface area (Å²) in [4.78, 5) is 6.82. The van der Waals surface area contributed by atoms with Crippen LogP contribution in [0.25, 0.3) is 10.2 Å². The maximum absolute atomic E-state index is 5.87. The minimum absolute atomic E-state index is 0.382. The predicted molar refractivity (Wildman–Crippen MR) is 76.1 cm³/mol. The van der Waals surface area contributed by atoms with Crippen molar-refractivity contribution in [3.8, 4) is 5.75 Å². The van der Waals surface area contributed by atoms with E-state index in [1.807, 2.05) is 6.07 Å². The molecule has 2 atom stereocenters. The Morgan fingerprint density at radius 2 is 2.42 bits per heavy atom. The normalized spacial score (nSPS) is 25.4. The number of methoxy groups -OCH3 is 1. The molecule has 5 nitrogen and oxygen atoms in total. The second kappa shape index (κ2) is 3.98. The van der Waals surface area contributed by atoms with E-state index in [-0.39, 0.29) is 0 Å². The molecule has 2 saturated heterocycles. The Hall–Kier alpha value is -1.53. The summed E-state index contributed by atoms with van der Waals surface area (Å²) >= 11 is 1.53. The summed E-state index contributed by atoms with van der Waals surface area (Å²) in [7, 11) is 1.66. The zero-order chi connectivity index (χ0) is 13.0. The van der Waals surface area contributed by atoms with E-state index < -0.39 is 0 Å². The summed E-state index contributed by atoms with van der Waals surface area (Å²) < 4.78 is 12.1. The molecule has 0 radical (unpaired) electrons. The lowest BCUT2D eigenvalue weighted by molar-refractivity contribution is 0.0992. The number of nitrogen functional groups attached to an aromatic ring is 1. The quantitative estimate of drug-likeness (QED) is 0.908. The summed E-state index contributed by atoms with van der Waals surface area (Å²) in [6, 6.07) is 4.58. The molecule has 0 saturated carbocycles. The highest BCUT2D eigenvalue weighted by Crippen LogP contribution is 2.42. The number of ether oxygens (including phenoxy) is 2. The molecule has 19 heavy (non-hydrogen) atoms. The van der Waals surface area contributed by atoms with Crippen LogP contribution in [0.2, 0.25) is 0 Å². The molecule has 100 valence electrons. The van der Waals surface area contributed by atoms with E-state index >= 15 is 0 Å². The van der Waals surface area contributed by atoms with Crippen molar-refractivity contribution in [1.82, 2.24) is 4.98 Å². The molecule has 2 aromatic rings. The Kier molecular flexibility index (Phi) is 2.37. The number of morpholine rings is 1. The van der Waals surface area contributed by atoms with Gasteiger partial charge in [-0.05, 0) is 18.6 Å². The van der Waals surface area contributed by atoms with Gasteiger partial charge in [0.25, 0.3) is 0 Å². The van der Waals surface area contributed by atoms with Gasteiger partial charge in [-0.2, -0.15) is 0 Å². The van der Waals surface area contributed by atoms with Gasteiger partial charge in [-0.3, -0.25) is 0 Å². The first kappa shape index (κ1) is 11.3. The molecular formula is C13H15N3O2S. The van der Waals surface area contributed by atoms with Gasteiger partial charge in [-0.15, -0.1) is 0 Å². The van der Waals surface area contributed by atoms with E-state index in [0.717, 1.165) is 35.5 Å². The maximum Gasteiger partial charge on any atom is 0.181 e. The largest absolute Gasteiger partial charge is 0.494 e. The lowest BCUT2D eigenvalue weighted by Crippen LogP contribution is -2.36. The molecule has 0 amide bonds.